The molecule has 0 bridgehead atoms. The summed E-state index contributed by atoms with van der Waals surface area (Å²) < 4.78 is 0. The number of anilines is 1. The van der Waals surface area contributed by atoms with Crippen LogP contribution in [0.4, 0.5) is 5.82 Å². The van der Waals surface area contributed by atoms with E-state index in [0.717, 1.165) is 0 Å². The van der Waals surface area contributed by atoms with Crippen molar-refractivity contribution < 1.29 is 4.79 Å². The van der Waals surface area contributed by atoms with Gasteiger partial charge >= 0.3 is 0 Å². The van der Waals surface area contributed by atoms with E-state index in [1.807, 2.05) is 0 Å². The summed E-state index contributed by atoms with van der Waals surface area (Å²) in [7, 11) is 0. The highest BCUT2D eigenvalue weighted by Crippen LogP contribution is 2.27. The highest BCUT2D eigenvalue weighted by molar-refractivity contribution is 6.18. The predicted molar refractivity (Wildman–Crippen MR) is 59.2 cm³/mol. The third-order valence-corrected chi connectivity index (χ3v) is 3.16. The summed E-state index contributed by atoms with van der Waals surface area (Å²) in [6.07, 6.45) is 0.431. The average molecular weight is 239 g/mol. The van der Waals surface area contributed by atoms with Crippen molar-refractivity contribution in [3.8, 4) is 6.07 Å². The van der Waals surface area contributed by atoms with E-state index in [4.69, 9.17) is 16.9 Å². The van der Waals surface area contributed by atoms with Crippen LogP contribution in [0.3, 0.4) is 0 Å². The minimum absolute atomic E-state index is 0.0198. The van der Waals surface area contributed by atoms with Crippen LogP contribution in [-0.4, -0.2) is 28.5 Å². The number of amides is 1. The number of hydrogen-bond acceptors (Lipinski definition) is 3. The maximum Gasteiger partial charge on any atom is 0.228 e. The normalized spacial score (nSPS) is 20.2. The number of nitrogens with zero attached hydrogens (tertiary/aromatic N) is 3. The molecule has 1 fully saturated rings. The third-order valence-electron chi connectivity index (χ3n) is 2.72. The second-order valence-electron chi connectivity index (χ2n) is 3.89. The minimum atomic E-state index is -0.0198. The maximum atomic E-state index is 11.7. The smallest absolute Gasteiger partial charge is 0.228 e. The maximum absolute atomic E-state index is 11.7. The highest BCUT2D eigenvalue weighted by atomic mass is 35.5. The van der Waals surface area contributed by atoms with E-state index >= 15 is 0 Å². The minimum Gasteiger partial charge on any atom is -0.294 e. The first-order valence-electron chi connectivity index (χ1n) is 4.98. The molecular formula is C10H11ClN4O. The standard InChI is InChI=1S/C10H11ClN4O/c1-6-8(4-12)10(14-13-6)15-5-7(3-11)2-9(15)16/h7H,2-3,5H2,1H3,(H,13,14). The molecule has 6 heteroatoms. The van der Waals surface area contributed by atoms with Gasteiger partial charge in [-0.05, 0) is 12.8 Å². The van der Waals surface area contributed by atoms with Crippen LogP contribution in [0.25, 0.3) is 0 Å². The van der Waals surface area contributed by atoms with Gasteiger partial charge in [-0.1, -0.05) is 0 Å². The Morgan fingerprint density at radius 2 is 2.50 bits per heavy atom. The molecule has 0 spiro atoms. The van der Waals surface area contributed by atoms with Gasteiger partial charge in [0.15, 0.2) is 5.82 Å². The first kappa shape index (κ1) is 11.0. The number of halogens is 1. The number of aromatic amines is 1. The Balaban J connectivity index is 2.32. The molecule has 2 rings (SSSR count). The van der Waals surface area contributed by atoms with Crippen molar-refractivity contribution in [2.24, 2.45) is 5.92 Å². The van der Waals surface area contributed by atoms with Crippen LogP contribution >= 0.6 is 11.6 Å². The van der Waals surface area contributed by atoms with Gasteiger partial charge in [0, 0.05) is 18.8 Å². The van der Waals surface area contributed by atoms with Gasteiger partial charge in [-0.15, -0.1) is 11.6 Å². The molecule has 1 atom stereocenters. The second kappa shape index (κ2) is 4.14. The molecule has 2 heterocycles. The summed E-state index contributed by atoms with van der Waals surface area (Å²) in [5.41, 5.74) is 1.11. The van der Waals surface area contributed by atoms with Gasteiger partial charge in [0.2, 0.25) is 5.91 Å². The van der Waals surface area contributed by atoms with Gasteiger partial charge in [-0.3, -0.25) is 14.8 Å². The lowest BCUT2D eigenvalue weighted by Crippen LogP contribution is -2.25. The molecule has 16 heavy (non-hydrogen) atoms. The van der Waals surface area contributed by atoms with Crippen LogP contribution in [-0.2, 0) is 4.79 Å². The zero-order chi connectivity index (χ0) is 11.7. The van der Waals surface area contributed by atoms with E-state index in [1.165, 1.54) is 4.90 Å². The molecule has 0 radical (unpaired) electrons. The van der Waals surface area contributed by atoms with Gasteiger partial charge in [0.1, 0.15) is 11.6 Å². The fraction of sp³-hybridized carbons (Fsp3) is 0.500. The van der Waals surface area contributed by atoms with Crippen molar-refractivity contribution in [2.75, 3.05) is 17.3 Å². The lowest BCUT2D eigenvalue weighted by Gasteiger charge is -2.12. The number of aromatic nitrogens is 2. The van der Waals surface area contributed by atoms with Crippen molar-refractivity contribution in [3.05, 3.63) is 11.3 Å². The van der Waals surface area contributed by atoms with Gasteiger partial charge in [-0.25, -0.2) is 0 Å². The lowest BCUT2D eigenvalue weighted by molar-refractivity contribution is -0.117. The van der Waals surface area contributed by atoms with Gasteiger partial charge in [-0.2, -0.15) is 10.4 Å². The Hall–Kier alpha value is -1.54. The number of nitriles is 1. The molecule has 1 unspecified atom stereocenters. The first-order valence-corrected chi connectivity index (χ1v) is 5.52. The summed E-state index contributed by atoms with van der Waals surface area (Å²) in [6, 6.07) is 2.05. The number of alkyl halides is 1. The van der Waals surface area contributed by atoms with E-state index in [9.17, 15) is 4.79 Å². The zero-order valence-electron chi connectivity index (χ0n) is 8.83. The Morgan fingerprint density at radius 3 is 3.06 bits per heavy atom. The third kappa shape index (κ3) is 1.65. The Kier molecular flexibility index (Phi) is 2.84. The summed E-state index contributed by atoms with van der Waals surface area (Å²) in [6.45, 7) is 2.30. The Morgan fingerprint density at radius 1 is 1.75 bits per heavy atom. The molecule has 0 saturated carbocycles. The van der Waals surface area contributed by atoms with Crippen LogP contribution in [0.2, 0.25) is 0 Å². The number of aryl methyl sites for hydroxylation is 1. The van der Waals surface area contributed by atoms with Crippen molar-refractivity contribution in [1.29, 1.82) is 5.26 Å². The number of H-pyrrole nitrogens is 1. The predicted octanol–water partition coefficient (Wildman–Crippen LogP) is 1.18. The highest BCUT2D eigenvalue weighted by Gasteiger charge is 2.33. The van der Waals surface area contributed by atoms with Gasteiger partial charge in [0.05, 0.1) is 5.69 Å². The Bertz CT molecular complexity index is 462. The van der Waals surface area contributed by atoms with E-state index in [-0.39, 0.29) is 11.8 Å². The molecular weight excluding hydrogens is 228 g/mol. The molecule has 0 aliphatic carbocycles. The largest absolute Gasteiger partial charge is 0.294 e. The quantitative estimate of drug-likeness (QED) is 0.787. The molecule has 1 aliphatic heterocycles. The monoisotopic (exact) mass is 238 g/mol. The molecule has 1 aromatic rings. The molecule has 1 aromatic heterocycles. The summed E-state index contributed by atoms with van der Waals surface area (Å²) in [5.74, 6) is 1.01. The second-order valence-corrected chi connectivity index (χ2v) is 4.20. The van der Waals surface area contributed by atoms with Crippen molar-refractivity contribution in [3.63, 3.8) is 0 Å². The first-order chi connectivity index (χ1) is 7.67. The number of nitrogens with one attached hydrogen (secondary N) is 1. The van der Waals surface area contributed by atoms with Crippen molar-refractivity contribution in [1.82, 2.24) is 10.2 Å². The molecule has 84 valence electrons. The fourth-order valence-corrected chi connectivity index (χ4v) is 2.04. The van der Waals surface area contributed by atoms with Crippen molar-refractivity contribution >= 4 is 23.3 Å². The van der Waals surface area contributed by atoms with Crippen LogP contribution in [0.1, 0.15) is 17.7 Å². The van der Waals surface area contributed by atoms with E-state index in [1.54, 1.807) is 6.92 Å². The summed E-state index contributed by atoms with van der Waals surface area (Å²) in [5, 5.41) is 15.7. The molecule has 1 saturated heterocycles. The fourth-order valence-electron chi connectivity index (χ4n) is 1.84. The summed E-state index contributed by atoms with van der Waals surface area (Å²) in [4.78, 5) is 13.3. The lowest BCUT2D eigenvalue weighted by atomic mass is 10.1. The Labute approximate surface area is 98.0 Å². The van der Waals surface area contributed by atoms with E-state index in [2.05, 4.69) is 16.3 Å². The molecule has 1 N–H and O–H groups in total. The van der Waals surface area contributed by atoms with Gasteiger partial charge < -0.3 is 0 Å². The number of hydrogen-bond donors (Lipinski definition) is 1. The van der Waals surface area contributed by atoms with Crippen LogP contribution in [0, 0.1) is 24.2 Å². The van der Waals surface area contributed by atoms with Crippen molar-refractivity contribution in [2.45, 2.75) is 13.3 Å². The van der Waals surface area contributed by atoms with E-state index in [0.29, 0.717) is 35.9 Å². The molecule has 0 aromatic carbocycles. The molecule has 1 amide bonds. The summed E-state index contributed by atoms with van der Waals surface area (Å²) >= 11 is 5.73. The van der Waals surface area contributed by atoms with Crippen LogP contribution in [0.5, 0.6) is 0 Å². The molecule has 5 nitrogen and oxygen atoms in total. The topological polar surface area (TPSA) is 72.8 Å². The number of carbonyl (C=O) groups excluding carboxylic acids is 1. The number of rotatable bonds is 2. The zero-order valence-corrected chi connectivity index (χ0v) is 9.58. The van der Waals surface area contributed by atoms with E-state index < -0.39 is 0 Å². The van der Waals surface area contributed by atoms with Crippen LogP contribution in [0.15, 0.2) is 0 Å². The van der Waals surface area contributed by atoms with Gasteiger partial charge in [0.25, 0.3) is 0 Å². The number of carbonyl (C=O) groups is 1. The average Bonchev–Trinajstić information content (AvgIpc) is 2.81. The molecule has 1 aliphatic rings. The van der Waals surface area contributed by atoms with Crippen LogP contribution < -0.4 is 4.90 Å². The SMILES string of the molecule is Cc1[nH]nc(N2CC(CCl)CC2=O)c1C#N.